The van der Waals surface area contributed by atoms with Crippen LogP contribution in [0.3, 0.4) is 0 Å². The van der Waals surface area contributed by atoms with Crippen molar-refractivity contribution in [2.24, 2.45) is 0 Å². The van der Waals surface area contributed by atoms with Gasteiger partial charge in [0, 0.05) is 6.04 Å². The van der Waals surface area contributed by atoms with Crippen LogP contribution in [0.5, 0.6) is 5.75 Å². The standard InChI is InChI=1S/C15H14F3NO/c1-9(10-6-7-14(20-2)12(17)8-10)19-13-5-3-4-11(16)15(13)18/h3-9,19H,1-2H3. The van der Waals surface area contributed by atoms with Crippen LogP contribution in [0.15, 0.2) is 36.4 Å². The summed E-state index contributed by atoms with van der Waals surface area (Å²) in [7, 11) is 1.38. The van der Waals surface area contributed by atoms with E-state index in [1.165, 1.54) is 31.4 Å². The molecule has 2 aromatic rings. The molecule has 0 spiro atoms. The van der Waals surface area contributed by atoms with Crippen LogP contribution in [0.1, 0.15) is 18.5 Å². The fourth-order valence-corrected chi connectivity index (χ4v) is 1.88. The number of ether oxygens (including phenoxy) is 1. The minimum atomic E-state index is -0.951. The van der Waals surface area contributed by atoms with Crippen LogP contribution in [-0.4, -0.2) is 7.11 Å². The molecule has 0 aromatic heterocycles. The normalized spacial score (nSPS) is 12.1. The molecule has 0 radical (unpaired) electrons. The van der Waals surface area contributed by atoms with E-state index in [0.717, 1.165) is 6.07 Å². The van der Waals surface area contributed by atoms with E-state index in [4.69, 9.17) is 4.74 Å². The fourth-order valence-electron chi connectivity index (χ4n) is 1.88. The molecule has 0 bridgehead atoms. The van der Waals surface area contributed by atoms with E-state index in [9.17, 15) is 13.2 Å². The maximum Gasteiger partial charge on any atom is 0.181 e. The SMILES string of the molecule is COc1ccc(C(C)Nc2cccc(F)c2F)cc1F. The number of anilines is 1. The Bertz CT molecular complexity index is 616. The molecule has 0 aliphatic rings. The van der Waals surface area contributed by atoms with Gasteiger partial charge >= 0.3 is 0 Å². The predicted molar refractivity (Wildman–Crippen MR) is 71.3 cm³/mol. The van der Waals surface area contributed by atoms with Crippen LogP contribution >= 0.6 is 0 Å². The van der Waals surface area contributed by atoms with Crippen LogP contribution in [0.2, 0.25) is 0 Å². The maximum absolute atomic E-state index is 13.6. The number of nitrogens with one attached hydrogen (secondary N) is 1. The van der Waals surface area contributed by atoms with Gasteiger partial charge in [-0.1, -0.05) is 12.1 Å². The van der Waals surface area contributed by atoms with Gasteiger partial charge in [0.15, 0.2) is 23.2 Å². The van der Waals surface area contributed by atoms with E-state index in [1.54, 1.807) is 13.0 Å². The Morgan fingerprint density at radius 2 is 1.80 bits per heavy atom. The van der Waals surface area contributed by atoms with E-state index in [1.807, 2.05) is 0 Å². The van der Waals surface area contributed by atoms with Crippen LogP contribution < -0.4 is 10.1 Å². The molecule has 0 saturated carbocycles. The predicted octanol–water partition coefficient (Wildman–Crippen LogP) is 4.29. The first-order valence-electron chi connectivity index (χ1n) is 6.07. The largest absolute Gasteiger partial charge is 0.494 e. The summed E-state index contributed by atoms with van der Waals surface area (Å²) >= 11 is 0. The molecule has 2 rings (SSSR count). The highest BCUT2D eigenvalue weighted by Crippen LogP contribution is 2.26. The molecule has 106 valence electrons. The number of halogens is 3. The Labute approximate surface area is 115 Å². The second kappa shape index (κ2) is 5.86. The summed E-state index contributed by atoms with van der Waals surface area (Å²) < 4.78 is 45.1. The van der Waals surface area contributed by atoms with Crippen molar-refractivity contribution < 1.29 is 17.9 Å². The summed E-state index contributed by atoms with van der Waals surface area (Å²) in [4.78, 5) is 0. The Kier molecular flexibility index (Phi) is 4.17. The number of methoxy groups -OCH3 is 1. The molecular formula is C15H14F3NO. The monoisotopic (exact) mass is 281 g/mol. The number of hydrogen-bond donors (Lipinski definition) is 1. The highest BCUT2D eigenvalue weighted by Gasteiger charge is 2.13. The Hall–Kier alpha value is -2.17. The summed E-state index contributed by atoms with van der Waals surface area (Å²) in [5.74, 6) is -2.24. The van der Waals surface area contributed by atoms with Crippen molar-refractivity contribution in [1.29, 1.82) is 0 Å². The summed E-state index contributed by atoms with van der Waals surface area (Å²) in [6.45, 7) is 1.73. The zero-order valence-corrected chi connectivity index (χ0v) is 11.1. The highest BCUT2D eigenvalue weighted by molar-refractivity contribution is 5.47. The van der Waals surface area contributed by atoms with Gasteiger partial charge in [0.25, 0.3) is 0 Å². The second-order valence-corrected chi connectivity index (χ2v) is 4.36. The molecule has 0 amide bonds. The van der Waals surface area contributed by atoms with Crippen LogP contribution in [-0.2, 0) is 0 Å². The summed E-state index contributed by atoms with van der Waals surface area (Å²) in [5, 5.41) is 2.81. The molecule has 0 aliphatic heterocycles. The molecule has 2 nitrogen and oxygen atoms in total. The Morgan fingerprint density at radius 3 is 2.45 bits per heavy atom. The lowest BCUT2D eigenvalue weighted by molar-refractivity contribution is 0.386. The van der Waals surface area contributed by atoms with Crippen molar-refractivity contribution in [1.82, 2.24) is 0 Å². The lowest BCUT2D eigenvalue weighted by Gasteiger charge is -2.17. The quantitative estimate of drug-likeness (QED) is 0.902. The minimum Gasteiger partial charge on any atom is -0.494 e. The number of rotatable bonds is 4. The average Bonchev–Trinajstić information content (AvgIpc) is 2.43. The van der Waals surface area contributed by atoms with Crippen molar-refractivity contribution in [3.05, 3.63) is 59.4 Å². The van der Waals surface area contributed by atoms with Gasteiger partial charge in [-0.15, -0.1) is 0 Å². The first kappa shape index (κ1) is 14.2. The van der Waals surface area contributed by atoms with Crippen molar-refractivity contribution in [2.45, 2.75) is 13.0 Å². The van der Waals surface area contributed by atoms with Crippen molar-refractivity contribution in [3.8, 4) is 5.75 Å². The lowest BCUT2D eigenvalue weighted by Crippen LogP contribution is -2.09. The molecule has 5 heteroatoms. The van der Waals surface area contributed by atoms with Gasteiger partial charge in [-0.05, 0) is 36.8 Å². The molecule has 0 saturated heterocycles. The van der Waals surface area contributed by atoms with Gasteiger partial charge in [0.05, 0.1) is 12.8 Å². The van der Waals surface area contributed by atoms with Gasteiger partial charge in [-0.2, -0.15) is 0 Å². The fraction of sp³-hybridized carbons (Fsp3) is 0.200. The molecule has 0 heterocycles. The summed E-state index contributed by atoms with van der Waals surface area (Å²) in [6, 6.07) is 7.94. The third-order valence-corrected chi connectivity index (χ3v) is 3.00. The van der Waals surface area contributed by atoms with Crippen molar-refractivity contribution >= 4 is 5.69 Å². The molecule has 1 N–H and O–H groups in total. The molecule has 1 unspecified atom stereocenters. The van der Waals surface area contributed by atoms with Crippen LogP contribution in [0, 0.1) is 17.5 Å². The molecule has 20 heavy (non-hydrogen) atoms. The van der Waals surface area contributed by atoms with Crippen LogP contribution in [0.4, 0.5) is 18.9 Å². The first-order chi connectivity index (χ1) is 9.52. The molecule has 1 atom stereocenters. The third kappa shape index (κ3) is 2.87. The van der Waals surface area contributed by atoms with Gasteiger partial charge in [-0.3, -0.25) is 0 Å². The smallest absolute Gasteiger partial charge is 0.181 e. The summed E-state index contributed by atoms with van der Waals surface area (Å²) in [5.41, 5.74) is 0.640. The van der Waals surface area contributed by atoms with Crippen molar-refractivity contribution in [3.63, 3.8) is 0 Å². The molecule has 0 fully saturated rings. The zero-order valence-electron chi connectivity index (χ0n) is 11.1. The van der Waals surface area contributed by atoms with Crippen molar-refractivity contribution in [2.75, 3.05) is 12.4 Å². The first-order valence-corrected chi connectivity index (χ1v) is 6.07. The minimum absolute atomic E-state index is 0.0359. The number of hydrogen-bond acceptors (Lipinski definition) is 2. The van der Waals surface area contributed by atoms with E-state index in [0.29, 0.717) is 5.56 Å². The zero-order chi connectivity index (χ0) is 14.7. The second-order valence-electron chi connectivity index (χ2n) is 4.36. The Morgan fingerprint density at radius 1 is 1.05 bits per heavy atom. The Balaban J connectivity index is 2.21. The van der Waals surface area contributed by atoms with E-state index in [-0.39, 0.29) is 17.5 Å². The topological polar surface area (TPSA) is 21.3 Å². The third-order valence-electron chi connectivity index (χ3n) is 3.00. The lowest BCUT2D eigenvalue weighted by atomic mass is 10.1. The van der Waals surface area contributed by atoms with E-state index in [2.05, 4.69) is 5.32 Å². The molecule has 0 aliphatic carbocycles. The van der Waals surface area contributed by atoms with Crippen LogP contribution in [0.25, 0.3) is 0 Å². The van der Waals surface area contributed by atoms with Gasteiger partial charge in [0.2, 0.25) is 0 Å². The number of benzene rings is 2. The van der Waals surface area contributed by atoms with Gasteiger partial charge in [-0.25, -0.2) is 13.2 Å². The van der Waals surface area contributed by atoms with E-state index >= 15 is 0 Å². The molecule has 2 aromatic carbocycles. The average molecular weight is 281 g/mol. The maximum atomic E-state index is 13.6. The van der Waals surface area contributed by atoms with Gasteiger partial charge < -0.3 is 10.1 Å². The van der Waals surface area contributed by atoms with Gasteiger partial charge in [0.1, 0.15) is 0 Å². The summed E-state index contributed by atoms with van der Waals surface area (Å²) in [6.07, 6.45) is 0. The molecular weight excluding hydrogens is 267 g/mol. The highest BCUT2D eigenvalue weighted by atomic mass is 19.2. The van der Waals surface area contributed by atoms with E-state index < -0.39 is 17.5 Å².